The fourth-order valence-electron chi connectivity index (χ4n) is 1.12. The molecular formula is C9H6BrFN2O. The summed E-state index contributed by atoms with van der Waals surface area (Å²) >= 11 is 3.28. The highest BCUT2D eigenvalue weighted by molar-refractivity contribution is 9.10. The third-order valence-electron chi connectivity index (χ3n) is 1.77. The van der Waals surface area contributed by atoms with Crippen molar-refractivity contribution in [3.05, 3.63) is 34.7 Å². The molecule has 1 aromatic heterocycles. The molecule has 1 heterocycles. The van der Waals surface area contributed by atoms with Crippen LogP contribution in [-0.4, -0.2) is 5.16 Å². The van der Waals surface area contributed by atoms with E-state index in [9.17, 15) is 4.39 Å². The van der Waals surface area contributed by atoms with Crippen LogP contribution in [0.3, 0.4) is 0 Å². The number of nitrogens with two attached hydrogens (primary N) is 1. The van der Waals surface area contributed by atoms with Crippen LogP contribution in [0.1, 0.15) is 0 Å². The van der Waals surface area contributed by atoms with Crippen molar-refractivity contribution in [2.45, 2.75) is 0 Å². The molecule has 0 spiro atoms. The van der Waals surface area contributed by atoms with Crippen LogP contribution in [0.25, 0.3) is 11.3 Å². The van der Waals surface area contributed by atoms with E-state index in [1.807, 2.05) is 0 Å². The van der Waals surface area contributed by atoms with Crippen molar-refractivity contribution in [3.63, 3.8) is 0 Å². The molecule has 2 rings (SSSR count). The van der Waals surface area contributed by atoms with Crippen molar-refractivity contribution in [2.24, 2.45) is 0 Å². The smallest absolute Gasteiger partial charge is 0.190 e. The number of nitrogens with zero attached hydrogens (tertiary/aromatic N) is 1. The molecule has 0 aliphatic rings. The molecule has 0 aliphatic heterocycles. The molecule has 0 aliphatic carbocycles. The standard InChI is InChI=1S/C9H6BrFN2O/c10-7-2-1-5(11)3-6(7)9-8(12)4-13-14-9/h1-4H,12H2. The van der Waals surface area contributed by atoms with Gasteiger partial charge >= 0.3 is 0 Å². The Hall–Kier alpha value is -1.36. The lowest BCUT2D eigenvalue weighted by atomic mass is 10.1. The van der Waals surface area contributed by atoms with E-state index in [-0.39, 0.29) is 5.82 Å². The van der Waals surface area contributed by atoms with E-state index >= 15 is 0 Å². The Bertz CT molecular complexity index is 470. The number of aromatic nitrogens is 1. The molecule has 0 bridgehead atoms. The summed E-state index contributed by atoms with van der Waals surface area (Å²) in [5, 5.41) is 3.53. The highest BCUT2D eigenvalue weighted by Crippen LogP contribution is 2.32. The summed E-state index contributed by atoms with van der Waals surface area (Å²) in [6, 6.07) is 4.27. The molecule has 14 heavy (non-hydrogen) atoms. The van der Waals surface area contributed by atoms with E-state index in [1.165, 1.54) is 18.3 Å². The highest BCUT2D eigenvalue weighted by atomic mass is 79.9. The Labute approximate surface area is 87.8 Å². The Morgan fingerprint density at radius 1 is 1.43 bits per heavy atom. The molecular weight excluding hydrogens is 251 g/mol. The Morgan fingerprint density at radius 2 is 2.21 bits per heavy atom. The zero-order valence-corrected chi connectivity index (χ0v) is 8.58. The van der Waals surface area contributed by atoms with Crippen molar-refractivity contribution in [3.8, 4) is 11.3 Å². The van der Waals surface area contributed by atoms with Crippen LogP contribution in [0, 0.1) is 5.82 Å². The quantitative estimate of drug-likeness (QED) is 0.854. The lowest BCUT2D eigenvalue weighted by Crippen LogP contribution is -1.86. The second-order valence-electron chi connectivity index (χ2n) is 2.73. The number of halogens is 2. The fourth-order valence-corrected chi connectivity index (χ4v) is 1.55. The number of anilines is 1. The van der Waals surface area contributed by atoms with E-state index < -0.39 is 0 Å². The molecule has 0 saturated carbocycles. The highest BCUT2D eigenvalue weighted by Gasteiger charge is 2.12. The minimum absolute atomic E-state index is 0.348. The van der Waals surface area contributed by atoms with Gasteiger partial charge in [-0.3, -0.25) is 0 Å². The average molecular weight is 257 g/mol. The minimum atomic E-state index is -0.348. The first-order chi connectivity index (χ1) is 6.68. The average Bonchev–Trinajstić information content (AvgIpc) is 2.56. The van der Waals surface area contributed by atoms with Crippen LogP contribution in [0.15, 0.2) is 33.4 Å². The lowest BCUT2D eigenvalue weighted by molar-refractivity contribution is 0.432. The van der Waals surface area contributed by atoms with E-state index in [2.05, 4.69) is 21.1 Å². The van der Waals surface area contributed by atoms with Crippen LogP contribution in [0.2, 0.25) is 0 Å². The summed E-state index contributed by atoms with van der Waals surface area (Å²) in [4.78, 5) is 0. The molecule has 5 heteroatoms. The van der Waals surface area contributed by atoms with Crippen molar-refractivity contribution in [1.29, 1.82) is 0 Å². The van der Waals surface area contributed by atoms with E-state index in [1.54, 1.807) is 6.07 Å². The van der Waals surface area contributed by atoms with Gasteiger partial charge in [-0.15, -0.1) is 0 Å². The summed E-state index contributed by atoms with van der Waals surface area (Å²) in [6.07, 6.45) is 1.38. The van der Waals surface area contributed by atoms with Gasteiger partial charge < -0.3 is 10.3 Å². The predicted octanol–water partition coefficient (Wildman–Crippen LogP) is 2.83. The normalized spacial score (nSPS) is 10.4. The monoisotopic (exact) mass is 256 g/mol. The Balaban J connectivity index is 2.62. The summed E-state index contributed by atoms with van der Waals surface area (Å²) in [5.74, 6) is 0.0235. The SMILES string of the molecule is Nc1cnoc1-c1cc(F)ccc1Br. The molecule has 0 unspecified atom stereocenters. The second-order valence-corrected chi connectivity index (χ2v) is 3.59. The first kappa shape index (κ1) is 9.21. The van der Waals surface area contributed by atoms with E-state index in [0.717, 1.165) is 0 Å². The van der Waals surface area contributed by atoms with Gasteiger partial charge in [-0.25, -0.2) is 4.39 Å². The van der Waals surface area contributed by atoms with Gasteiger partial charge in [0.25, 0.3) is 0 Å². The Kier molecular flexibility index (Phi) is 2.25. The van der Waals surface area contributed by atoms with Gasteiger partial charge in [0.05, 0.1) is 6.20 Å². The number of hydrogen-bond donors (Lipinski definition) is 1. The van der Waals surface area contributed by atoms with Crippen LogP contribution < -0.4 is 5.73 Å². The molecule has 0 atom stereocenters. The molecule has 2 N–H and O–H groups in total. The topological polar surface area (TPSA) is 52.0 Å². The van der Waals surface area contributed by atoms with Gasteiger partial charge in [0, 0.05) is 10.0 Å². The molecule has 3 nitrogen and oxygen atoms in total. The summed E-state index contributed by atoms with van der Waals surface area (Å²) in [6.45, 7) is 0. The van der Waals surface area contributed by atoms with Gasteiger partial charge in [-0.2, -0.15) is 0 Å². The zero-order chi connectivity index (χ0) is 10.1. The van der Waals surface area contributed by atoms with E-state index in [0.29, 0.717) is 21.5 Å². The summed E-state index contributed by atoms with van der Waals surface area (Å²) < 4.78 is 18.6. The Morgan fingerprint density at radius 3 is 2.86 bits per heavy atom. The first-order valence-corrected chi connectivity index (χ1v) is 4.63. The first-order valence-electron chi connectivity index (χ1n) is 3.84. The maximum atomic E-state index is 12.9. The molecule has 72 valence electrons. The van der Waals surface area contributed by atoms with Crippen molar-refractivity contribution < 1.29 is 8.91 Å². The van der Waals surface area contributed by atoms with Gasteiger partial charge in [0.1, 0.15) is 11.5 Å². The number of rotatable bonds is 1. The maximum Gasteiger partial charge on any atom is 0.190 e. The molecule has 2 aromatic rings. The summed E-state index contributed by atoms with van der Waals surface area (Å²) in [7, 11) is 0. The second kappa shape index (κ2) is 3.42. The van der Waals surface area contributed by atoms with Crippen LogP contribution >= 0.6 is 15.9 Å². The van der Waals surface area contributed by atoms with Crippen LogP contribution in [0.5, 0.6) is 0 Å². The third-order valence-corrected chi connectivity index (χ3v) is 2.46. The fraction of sp³-hybridized carbons (Fsp3) is 0. The number of nitrogen functional groups attached to an aromatic ring is 1. The molecule has 0 amide bonds. The van der Waals surface area contributed by atoms with Crippen LogP contribution in [0.4, 0.5) is 10.1 Å². The zero-order valence-electron chi connectivity index (χ0n) is 7.00. The van der Waals surface area contributed by atoms with Gasteiger partial charge in [0.2, 0.25) is 0 Å². The molecule has 0 fully saturated rings. The summed E-state index contributed by atoms with van der Waals surface area (Å²) in [5.41, 5.74) is 6.53. The molecule has 0 radical (unpaired) electrons. The van der Waals surface area contributed by atoms with Crippen LogP contribution in [-0.2, 0) is 0 Å². The maximum absolute atomic E-state index is 12.9. The number of hydrogen-bond acceptors (Lipinski definition) is 3. The van der Waals surface area contributed by atoms with Gasteiger partial charge in [-0.05, 0) is 18.2 Å². The van der Waals surface area contributed by atoms with Gasteiger partial charge in [-0.1, -0.05) is 21.1 Å². The minimum Gasteiger partial charge on any atom is -0.394 e. The lowest BCUT2D eigenvalue weighted by Gasteiger charge is -2.00. The van der Waals surface area contributed by atoms with Gasteiger partial charge in [0.15, 0.2) is 5.76 Å². The van der Waals surface area contributed by atoms with Crippen molar-refractivity contribution >= 4 is 21.6 Å². The largest absolute Gasteiger partial charge is 0.394 e. The van der Waals surface area contributed by atoms with E-state index in [4.69, 9.17) is 10.3 Å². The molecule has 1 aromatic carbocycles. The third kappa shape index (κ3) is 1.50. The molecule has 0 saturated heterocycles. The van der Waals surface area contributed by atoms with Crippen molar-refractivity contribution in [2.75, 3.05) is 5.73 Å². The van der Waals surface area contributed by atoms with Crippen molar-refractivity contribution in [1.82, 2.24) is 5.16 Å². The number of benzene rings is 1. The predicted molar refractivity (Wildman–Crippen MR) is 54.0 cm³/mol.